The van der Waals surface area contributed by atoms with Gasteiger partial charge in [-0.25, -0.2) is 5.43 Å². The molecule has 0 saturated carbocycles. The summed E-state index contributed by atoms with van der Waals surface area (Å²) in [5.41, 5.74) is 4.31. The highest BCUT2D eigenvalue weighted by Crippen LogP contribution is 2.15. The molecule has 0 aliphatic heterocycles. The lowest BCUT2D eigenvalue weighted by Crippen LogP contribution is -2.24. The van der Waals surface area contributed by atoms with Crippen LogP contribution >= 0.6 is 15.9 Å². The maximum absolute atomic E-state index is 11.6. The van der Waals surface area contributed by atoms with E-state index in [1.54, 1.807) is 6.21 Å². The van der Waals surface area contributed by atoms with Gasteiger partial charge in [-0.15, -0.1) is 0 Å². The van der Waals surface area contributed by atoms with Crippen molar-refractivity contribution in [1.82, 2.24) is 5.43 Å². The van der Waals surface area contributed by atoms with Crippen molar-refractivity contribution in [1.29, 1.82) is 0 Å². The average molecular weight is 347 g/mol. The molecule has 1 N–H and O–H groups in total. The molecular formula is C16H15BrN2O2. The Kier molecular flexibility index (Phi) is 5.51. The molecule has 1 amide bonds. The lowest BCUT2D eigenvalue weighted by molar-refractivity contribution is -0.123. The number of rotatable bonds is 5. The number of benzene rings is 2. The first kappa shape index (κ1) is 15.3. The minimum Gasteiger partial charge on any atom is -0.483 e. The summed E-state index contributed by atoms with van der Waals surface area (Å²) in [6, 6.07) is 15.2. The van der Waals surface area contributed by atoms with E-state index in [0.717, 1.165) is 15.6 Å². The van der Waals surface area contributed by atoms with Gasteiger partial charge in [0.1, 0.15) is 5.75 Å². The minimum atomic E-state index is -0.301. The van der Waals surface area contributed by atoms with E-state index < -0.39 is 0 Å². The smallest absolute Gasteiger partial charge is 0.277 e. The molecule has 0 atom stereocenters. The van der Waals surface area contributed by atoms with Gasteiger partial charge in [0.05, 0.1) is 6.21 Å². The van der Waals surface area contributed by atoms with Crippen LogP contribution in [0.15, 0.2) is 58.1 Å². The average Bonchev–Trinajstić information content (AvgIpc) is 2.46. The van der Waals surface area contributed by atoms with Gasteiger partial charge in [0.2, 0.25) is 0 Å². The van der Waals surface area contributed by atoms with Gasteiger partial charge < -0.3 is 4.74 Å². The normalized spacial score (nSPS) is 10.6. The zero-order chi connectivity index (χ0) is 15.1. The Hall–Kier alpha value is -2.14. The van der Waals surface area contributed by atoms with Crippen molar-refractivity contribution < 1.29 is 9.53 Å². The van der Waals surface area contributed by atoms with Crippen molar-refractivity contribution >= 4 is 28.1 Å². The number of carbonyl (C=O) groups is 1. The van der Waals surface area contributed by atoms with E-state index in [0.29, 0.717) is 5.75 Å². The fourth-order valence-corrected chi connectivity index (χ4v) is 2.08. The molecule has 0 fully saturated rings. The van der Waals surface area contributed by atoms with E-state index >= 15 is 0 Å². The molecule has 0 aliphatic carbocycles. The maximum Gasteiger partial charge on any atom is 0.277 e. The minimum absolute atomic E-state index is 0.0688. The number of nitrogens with one attached hydrogen (secondary N) is 1. The molecule has 2 aromatic rings. The lowest BCUT2D eigenvalue weighted by atomic mass is 10.2. The Morgan fingerprint density at radius 3 is 2.86 bits per heavy atom. The number of nitrogens with zero attached hydrogens (tertiary/aromatic N) is 1. The number of hydrogen-bond acceptors (Lipinski definition) is 3. The van der Waals surface area contributed by atoms with Gasteiger partial charge in [0.25, 0.3) is 5.91 Å². The summed E-state index contributed by atoms with van der Waals surface area (Å²) in [4.78, 5) is 11.6. The van der Waals surface area contributed by atoms with Gasteiger partial charge in [-0.3, -0.25) is 4.79 Å². The van der Waals surface area contributed by atoms with Crippen LogP contribution in [-0.2, 0) is 4.79 Å². The van der Waals surface area contributed by atoms with Gasteiger partial charge in [0.15, 0.2) is 6.61 Å². The second kappa shape index (κ2) is 7.59. The number of halogens is 1. The highest BCUT2D eigenvalue weighted by Gasteiger charge is 2.02. The van der Waals surface area contributed by atoms with Crippen LogP contribution in [0, 0.1) is 6.92 Å². The van der Waals surface area contributed by atoms with Gasteiger partial charge >= 0.3 is 0 Å². The lowest BCUT2D eigenvalue weighted by Gasteiger charge is -2.07. The Balaban J connectivity index is 1.81. The fraction of sp³-hybridized carbons (Fsp3) is 0.125. The summed E-state index contributed by atoms with van der Waals surface area (Å²) in [7, 11) is 0. The van der Waals surface area contributed by atoms with Gasteiger partial charge in [-0.1, -0.05) is 46.3 Å². The number of para-hydroxylation sites is 1. The van der Waals surface area contributed by atoms with Crippen molar-refractivity contribution in [2.24, 2.45) is 5.10 Å². The van der Waals surface area contributed by atoms with Crippen molar-refractivity contribution in [3.8, 4) is 5.75 Å². The first-order valence-electron chi connectivity index (χ1n) is 6.41. The zero-order valence-electron chi connectivity index (χ0n) is 11.5. The van der Waals surface area contributed by atoms with E-state index in [1.165, 1.54) is 0 Å². The molecule has 0 unspecified atom stereocenters. The third-order valence-corrected chi connectivity index (χ3v) is 3.20. The van der Waals surface area contributed by atoms with Crippen LogP contribution in [0.1, 0.15) is 11.1 Å². The number of ether oxygens (including phenoxy) is 1. The Labute approximate surface area is 132 Å². The molecule has 2 aromatic carbocycles. The predicted molar refractivity (Wildman–Crippen MR) is 86.6 cm³/mol. The summed E-state index contributed by atoms with van der Waals surface area (Å²) in [5.74, 6) is 0.396. The van der Waals surface area contributed by atoms with Crippen LogP contribution < -0.4 is 10.2 Å². The summed E-state index contributed by atoms with van der Waals surface area (Å²) < 4.78 is 6.39. The Morgan fingerprint density at radius 2 is 2.10 bits per heavy atom. The SMILES string of the molecule is Cc1ccccc1OCC(=O)N/N=C/c1cccc(Br)c1. The van der Waals surface area contributed by atoms with Crippen LogP contribution in [0.4, 0.5) is 0 Å². The van der Waals surface area contributed by atoms with Gasteiger partial charge in [-0.05, 0) is 36.2 Å². The number of aryl methyl sites for hydroxylation is 1. The van der Waals surface area contributed by atoms with E-state index in [2.05, 4.69) is 26.5 Å². The van der Waals surface area contributed by atoms with Crippen LogP contribution in [0.3, 0.4) is 0 Å². The molecule has 108 valence electrons. The molecule has 0 spiro atoms. The molecule has 4 nitrogen and oxygen atoms in total. The van der Waals surface area contributed by atoms with Gasteiger partial charge in [-0.2, -0.15) is 5.10 Å². The largest absolute Gasteiger partial charge is 0.483 e. The zero-order valence-corrected chi connectivity index (χ0v) is 13.1. The Bertz CT molecular complexity index is 656. The standard InChI is InChI=1S/C16H15BrN2O2/c1-12-5-2-3-8-15(12)21-11-16(20)19-18-10-13-6-4-7-14(17)9-13/h2-10H,11H2,1H3,(H,19,20)/b18-10+. The summed E-state index contributed by atoms with van der Waals surface area (Å²) >= 11 is 3.37. The molecule has 0 aliphatic rings. The molecule has 5 heteroatoms. The molecule has 2 rings (SSSR count). The van der Waals surface area contributed by atoms with Crippen molar-refractivity contribution in [2.45, 2.75) is 6.92 Å². The Morgan fingerprint density at radius 1 is 1.29 bits per heavy atom. The first-order valence-corrected chi connectivity index (χ1v) is 7.20. The van der Waals surface area contributed by atoms with E-state index in [9.17, 15) is 4.79 Å². The molecule has 0 bridgehead atoms. The number of carbonyl (C=O) groups excluding carboxylic acids is 1. The molecule has 0 radical (unpaired) electrons. The molecule has 21 heavy (non-hydrogen) atoms. The van der Waals surface area contributed by atoms with Gasteiger partial charge in [0, 0.05) is 4.47 Å². The van der Waals surface area contributed by atoms with E-state index in [4.69, 9.17) is 4.74 Å². The first-order chi connectivity index (χ1) is 10.1. The highest BCUT2D eigenvalue weighted by molar-refractivity contribution is 9.10. The summed E-state index contributed by atoms with van der Waals surface area (Å²) in [5, 5.41) is 3.89. The number of hydrogen-bond donors (Lipinski definition) is 1. The molecule has 0 heterocycles. The monoisotopic (exact) mass is 346 g/mol. The van der Waals surface area contributed by atoms with Crippen LogP contribution in [0.2, 0.25) is 0 Å². The fourth-order valence-electron chi connectivity index (χ4n) is 1.66. The van der Waals surface area contributed by atoms with Crippen LogP contribution in [0.25, 0.3) is 0 Å². The van der Waals surface area contributed by atoms with E-state index in [-0.39, 0.29) is 12.5 Å². The summed E-state index contributed by atoms with van der Waals surface area (Å²) in [6.45, 7) is 1.86. The van der Waals surface area contributed by atoms with Crippen LogP contribution in [-0.4, -0.2) is 18.7 Å². The topological polar surface area (TPSA) is 50.7 Å². The maximum atomic E-state index is 11.6. The second-order valence-electron chi connectivity index (χ2n) is 4.40. The van der Waals surface area contributed by atoms with Crippen molar-refractivity contribution in [3.63, 3.8) is 0 Å². The highest BCUT2D eigenvalue weighted by atomic mass is 79.9. The number of amides is 1. The summed E-state index contributed by atoms with van der Waals surface area (Å²) in [6.07, 6.45) is 1.58. The third kappa shape index (κ3) is 5.04. The number of hydrazone groups is 1. The molecule has 0 saturated heterocycles. The third-order valence-electron chi connectivity index (χ3n) is 2.70. The molecular weight excluding hydrogens is 332 g/mol. The van der Waals surface area contributed by atoms with Crippen LogP contribution in [0.5, 0.6) is 5.75 Å². The quantitative estimate of drug-likeness (QED) is 0.667. The molecule has 0 aromatic heterocycles. The van der Waals surface area contributed by atoms with Crippen molar-refractivity contribution in [2.75, 3.05) is 6.61 Å². The second-order valence-corrected chi connectivity index (χ2v) is 5.32. The van der Waals surface area contributed by atoms with E-state index in [1.807, 2.05) is 55.5 Å². The van der Waals surface area contributed by atoms with Crippen molar-refractivity contribution in [3.05, 3.63) is 64.1 Å². The predicted octanol–water partition coefficient (Wildman–Crippen LogP) is 3.29.